The third kappa shape index (κ3) is 4.98. The van der Waals surface area contributed by atoms with Crippen LogP contribution in [0.25, 0.3) is 0 Å². The molecule has 0 bridgehead atoms. The first-order valence-corrected chi connectivity index (χ1v) is 7.93. The summed E-state index contributed by atoms with van der Waals surface area (Å²) in [5.41, 5.74) is 5.34. The molecular formula is C13H20FN3O3S. The fourth-order valence-electron chi connectivity index (χ4n) is 1.58. The first kappa shape index (κ1) is 17.4. The van der Waals surface area contributed by atoms with E-state index in [1.54, 1.807) is 0 Å². The van der Waals surface area contributed by atoms with Crippen molar-refractivity contribution in [1.82, 2.24) is 10.0 Å². The minimum absolute atomic E-state index is 0.141. The lowest BCUT2D eigenvalue weighted by Gasteiger charge is -2.11. The highest BCUT2D eigenvalue weighted by Gasteiger charge is 2.19. The summed E-state index contributed by atoms with van der Waals surface area (Å²) < 4.78 is 39.6. The van der Waals surface area contributed by atoms with E-state index in [0.29, 0.717) is 6.54 Å². The lowest BCUT2D eigenvalue weighted by atomic mass is 10.2. The lowest BCUT2D eigenvalue weighted by Crippen LogP contribution is -2.38. The van der Waals surface area contributed by atoms with Crippen LogP contribution in [-0.4, -0.2) is 27.4 Å². The average molecular weight is 317 g/mol. The van der Waals surface area contributed by atoms with Gasteiger partial charge in [0, 0.05) is 6.54 Å². The number of anilines is 1. The number of rotatable bonds is 6. The van der Waals surface area contributed by atoms with Gasteiger partial charge < -0.3 is 11.1 Å². The summed E-state index contributed by atoms with van der Waals surface area (Å²) in [5.74, 6) is -0.842. The van der Waals surface area contributed by atoms with Crippen LogP contribution < -0.4 is 15.8 Å². The number of hydrogen-bond acceptors (Lipinski definition) is 4. The molecular weight excluding hydrogens is 297 g/mol. The van der Waals surface area contributed by atoms with Gasteiger partial charge >= 0.3 is 0 Å². The van der Waals surface area contributed by atoms with E-state index in [1.807, 2.05) is 13.8 Å². The molecule has 0 aliphatic carbocycles. The first-order valence-electron chi connectivity index (χ1n) is 6.45. The van der Waals surface area contributed by atoms with Gasteiger partial charge in [-0.3, -0.25) is 4.79 Å². The van der Waals surface area contributed by atoms with E-state index in [2.05, 4.69) is 10.0 Å². The van der Waals surface area contributed by atoms with Crippen molar-refractivity contribution in [2.45, 2.75) is 25.7 Å². The summed E-state index contributed by atoms with van der Waals surface area (Å²) in [6, 6.07) is 2.09. The summed E-state index contributed by atoms with van der Waals surface area (Å²) in [5, 5.41) is 2.59. The van der Waals surface area contributed by atoms with Crippen molar-refractivity contribution in [3.63, 3.8) is 0 Å². The van der Waals surface area contributed by atoms with Crippen LogP contribution in [0.4, 0.5) is 10.1 Å². The Morgan fingerprint density at radius 3 is 2.57 bits per heavy atom. The van der Waals surface area contributed by atoms with Crippen molar-refractivity contribution in [3.8, 4) is 0 Å². The topological polar surface area (TPSA) is 101 Å². The second kappa shape index (κ2) is 6.86. The number of nitrogens with one attached hydrogen (secondary N) is 2. The molecule has 0 aromatic heterocycles. The van der Waals surface area contributed by atoms with Gasteiger partial charge in [-0.1, -0.05) is 13.8 Å². The number of aryl methyl sites for hydroxylation is 1. The Labute approximate surface area is 124 Å². The molecule has 0 radical (unpaired) electrons. The van der Waals surface area contributed by atoms with E-state index < -0.39 is 21.7 Å². The number of nitrogen functional groups attached to an aromatic ring is 1. The number of hydrogen-bond donors (Lipinski definition) is 3. The third-order valence-corrected chi connectivity index (χ3v) is 4.26. The molecule has 0 unspecified atom stereocenters. The minimum Gasteiger partial charge on any atom is -0.396 e. The number of nitrogens with two attached hydrogens (primary N) is 1. The zero-order valence-corrected chi connectivity index (χ0v) is 13.1. The molecule has 1 rings (SSSR count). The van der Waals surface area contributed by atoms with Crippen molar-refractivity contribution in [3.05, 3.63) is 23.5 Å². The summed E-state index contributed by atoms with van der Waals surface area (Å²) in [7, 11) is -3.92. The molecule has 1 amide bonds. The van der Waals surface area contributed by atoms with Gasteiger partial charge in [0.25, 0.3) is 0 Å². The molecule has 0 aliphatic heterocycles. The SMILES string of the molecule is Cc1cc(F)c(N)cc1S(=O)(=O)NCC(=O)NCC(C)C. The number of carbonyl (C=O) groups excluding carboxylic acids is 1. The maximum absolute atomic E-state index is 13.2. The number of halogens is 1. The van der Waals surface area contributed by atoms with Crippen LogP contribution >= 0.6 is 0 Å². The number of benzene rings is 1. The van der Waals surface area contributed by atoms with E-state index in [4.69, 9.17) is 5.73 Å². The first-order chi connectivity index (χ1) is 9.63. The number of amides is 1. The summed E-state index contributed by atoms with van der Waals surface area (Å²) in [6.07, 6.45) is 0. The second-order valence-corrected chi connectivity index (χ2v) is 6.90. The quantitative estimate of drug-likeness (QED) is 0.674. The minimum atomic E-state index is -3.92. The smallest absolute Gasteiger partial charge is 0.241 e. The third-order valence-electron chi connectivity index (χ3n) is 2.71. The Balaban J connectivity index is 2.79. The van der Waals surface area contributed by atoms with E-state index >= 15 is 0 Å². The van der Waals surface area contributed by atoms with Gasteiger partial charge in [-0.15, -0.1) is 0 Å². The fraction of sp³-hybridized carbons (Fsp3) is 0.462. The van der Waals surface area contributed by atoms with Crippen molar-refractivity contribution < 1.29 is 17.6 Å². The van der Waals surface area contributed by atoms with Crippen molar-refractivity contribution in [1.29, 1.82) is 0 Å². The number of sulfonamides is 1. The van der Waals surface area contributed by atoms with Gasteiger partial charge in [0.05, 0.1) is 17.1 Å². The molecule has 0 fully saturated rings. The zero-order chi connectivity index (χ0) is 16.2. The van der Waals surface area contributed by atoms with Gasteiger partial charge in [-0.2, -0.15) is 0 Å². The summed E-state index contributed by atoms with van der Waals surface area (Å²) in [4.78, 5) is 11.4. The van der Waals surface area contributed by atoms with E-state index in [1.165, 1.54) is 6.92 Å². The Kier molecular flexibility index (Phi) is 5.68. The molecule has 0 saturated heterocycles. The van der Waals surface area contributed by atoms with Gasteiger partial charge in [-0.25, -0.2) is 17.5 Å². The van der Waals surface area contributed by atoms with Crippen LogP contribution in [0.1, 0.15) is 19.4 Å². The zero-order valence-electron chi connectivity index (χ0n) is 12.2. The Morgan fingerprint density at radius 2 is 2.00 bits per heavy atom. The molecule has 0 heterocycles. The van der Waals surface area contributed by atoms with Crippen LogP contribution in [0.5, 0.6) is 0 Å². The summed E-state index contributed by atoms with van der Waals surface area (Å²) >= 11 is 0. The standard InChI is InChI=1S/C13H20FN3O3S/c1-8(2)6-16-13(18)7-17-21(19,20)12-5-11(15)10(14)4-9(12)3/h4-5,8,17H,6-7,15H2,1-3H3,(H,16,18). The Bertz CT molecular complexity index is 630. The monoisotopic (exact) mass is 317 g/mol. The molecule has 8 heteroatoms. The predicted molar refractivity (Wildman–Crippen MR) is 78.6 cm³/mol. The largest absolute Gasteiger partial charge is 0.396 e. The van der Waals surface area contributed by atoms with Crippen molar-refractivity contribution in [2.75, 3.05) is 18.8 Å². The molecule has 4 N–H and O–H groups in total. The van der Waals surface area contributed by atoms with Gasteiger partial charge in [0.15, 0.2) is 0 Å². The maximum Gasteiger partial charge on any atom is 0.241 e. The molecule has 6 nitrogen and oxygen atoms in total. The van der Waals surface area contributed by atoms with Gasteiger partial charge in [0.2, 0.25) is 15.9 Å². The van der Waals surface area contributed by atoms with E-state index in [-0.39, 0.29) is 28.6 Å². The Morgan fingerprint density at radius 1 is 1.38 bits per heavy atom. The molecule has 21 heavy (non-hydrogen) atoms. The second-order valence-electron chi connectivity index (χ2n) is 5.16. The van der Waals surface area contributed by atoms with E-state index in [9.17, 15) is 17.6 Å². The predicted octanol–water partition coefficient (Wildman–Crippen LogP) is 0.767. The van der Waals surface area contributed by atoms with Gasteiger partial charge in [0.1, 0.15) is 5.82 Å². The van der Waals surface area contributed by atoms with Crippen LogP contribution in [0, 0.1) is 18.7 Å². The van der Waals surface area contributed by atoms with Crippen LogP contribution in [0.3, 0.4) is 0 Å². The van der Waals surface area contributed by atoms with Crippen molar-refractivity contribution >= 4 is 21.6 Å². The highest BCUT2D eigenvalue weighted by molar-refractivity contribution is 7.89. The molecule has 1 aromatic carbocycles. The van der Waals surface area contributed by atoms with Crippen molar-refractivity contribution in [2.24, 2.45) is 5.92 Å². The highest BCUT2D eigenvalue weighted by atomic mass is 32.2. The van der Waals surface area contributed by atoms with Crippen LogP contribution in [0.2, 0.25) is 0 Å². The summed E-state index contributed by atoms with van der Waals surface area (Å²) in [6.45, 7) is 5.38. The highest BCUT2D eigenvalue weighted by Crippen LogP contribution is 2.21. The molecule has 118 valence electrons. The average Bonchev–Trinajstić information content (AvgIpc) is 2.38. The van der Waals surface area contributed by atoms with Gasteiger partial charge in [-0.05, 0) is 30.5 Å². The van der Waals surface area contributed by atoms with Crippen LogP contribution in [-0.2, 0) is 14.8 Å². The van der Waals surface area contributed by atoms with Crippen LogP contribution in [0.15, 0.2) is 17.0 Å². The fourth-order valence-corrected chi connectivity index (χ4v) is 2.82. The number of carbonyl (C=O) groups is 1. The molecule has 0 spiro atoms. The molecule has 0 aliphatic rings. The maximum atomic E-state index is 13.2. The molecule has 1 aromatic rings. The molecule has 0 atom stereocenters. The lowest BCUT2D eigenvalue weighted by molar-refractivity contribution is -0.120. The Hall–Kier alpha value is -1.67. The normalized spacial score (nSPS) is 11.7. The van der Waals surface area contributed by atoms with E-state index in [0.717, 1.165) is 12.1 Å². The molecule has 0 saturated carbocycles.